The third-order valence-corrected chi connectivity index (χ3v) is 5.46. The fraction of sp³-hybridized carbons (Fsp3) is 0.208. The summed E-state index contributed by atoms with van der Waals surface area (Å²) >= 11 is 0. The van der Waals surface area contributed by atoms with Crippen LogP contribution < -0.4 is 10.2 Å². The van der Waals surface area contributed by atoms with Crippen LogP contribution in [0.25, 0.3) is 0 Å². The van der Waals surface area contributed by atoms with Gasteiger partial charge in [0, 0.05) is 50.0 Å². The minimum atomic E-state index is -0.367. The second kappa shape index (κ2) is 9.30. The van der Waals surface area contributed by atoms with Crippen molar-refractivity contribution < 1.29 is 9.72 Å². The van der Waals surface area contributed by atoms with Crippen LogP contribution in [0.2, 0.25) is 0 Å². The van der Waals surface area contributed by atoms with Crippen molar-refractivity contribution in [2.24, 2.45) is 0 Å². The average molecular weight is 416 g/mol. The summed E-state index contributed by atoms with van der Waals surface area (Å²) in [6, 6.07) is 24.2. The minimum absolute atomic E-state index is 0.0363. The van der Waals surface area contributed by atoms with Crippen molar-refractivity contribution in [1.82, 2.24) is 4.90 Å². The summed E-state index contributed by atoms with van der Waals surface area (Å²) in [5, 5.41) is 14.7. The Hall–Kier alpha value is -3.87. The van der Waals surface area contributed by atoms with E-state index in [2.05, 4.69) is 10.2 Å². The molecule has 3 aromatic carbocycles. The lowest BCUT2D eigenvalue weighted by molar-refractivity contribution is -0.384. The zero-order valence-electron chi connectivity index (χ0n) is 17.1. The molecule has 0 unspecified atom stereocenters. The topological polar surface area (TPSA) is 78.7 Å². The van der Waals surface area contributed by atoms with Crippen molar-refractivity contribution in [3.8, 4) is 0 Å². The van der Waals surface area contributed by atoms with Crippen molar-refractivity contribution >= 4 is 23.0 Å². The predicted molar refractivity (Wildman–Crippen MR) is 121 cm³/mol. The van der Waals surface area contributed by atoms with Gasteiger partial charge in [-0.15, -0.1) is 0 Å². The first-order chi connectivity index (χ1) is 15.1. The fourth-order valence-corrected chi connectivity index (χ4v) is 3.75. The first-order valence-corrected chi connectivity index (χ1v) is 10.3. The Labute approximate surface area is 181 Å². The SMILES string of the molecule is O=C(c1ccccc1)N1CCN(c2ccc([N+](=O)[O-])c(NCc3ccccc3)c2)CC1. The number of hydrogen-bond donors (Lipinski definition) is 1. The normalized spacial score (nSPS) is 13.7. The van der Waals surface area contributed by atoms with Gasteiger partial charge in [0.05, 0.1) is 4.92 Å². The lowest BCUT2D eigenvalue weighted by atomic mass is 10.1. The van der Waals surface area contributed by atoms with Crippen LogP contribution in [0.3, 0.4) is 0 Å². The molecule has 1 fully saturated rings. The number of anilines is 2. The lowest BCUT2D eigenvalue weighted by Gasteiger charge is -2.36. The Bertz CT molecular complexity index is 1050. The van der Waals surface area contributed by atoms with Gasteiger partial charge in [-0.05, 0) is 29.8 Å². The summed E-state index contributed by atoms with van der Waals surface area (Å²) in [5.41, 5.74) is 3.20. The molecule has 0 aromatic heterocycles. The quantitative estimate of drug-likeness (QED) is 0.482. The summed E-state index contributed by atoms with van der Waals surface area (Å²) in [4.78, 5) is 27.8. The van der Waals surface area contributed by atoms with Gasteiger partial charge < -0.3 is 15.1 Å². The monoisotopic (exact) mass is 416 g/mol. The van der Waals surface area contributed by atoms with Crippen LogP contribution in [0.1, 0.15) is 15.9 Å². The Balaban J connectivity index is 1.45. The molecule has 1 heterocycles. The summed E-state index contributed by atoms with van der Waals surface area (Å²) < 4.78 is 0. The van der Waals surface area contributed by atoms with Gasteiger partial charge in [0.25, 0.3) is 11.6 Å². The van der Waals surface area contributed by atoms with Crippen molar-refractivity contribution in [3.05, 3.63) is 100 Å². The molecule has 7 heteroatoms. The molecule has 0 radical (unpaired) electrons. The number of rotatable bonds is 6. The van der Waals surface area contributed by atoms with E-state index >= 15 is 0 Å². The standard InChI is InChI=1S/C24H24N4O3/c29-24(20-9-5-2-6-10-20)27-15-13-26(14-16-27)21-11-12-23(28(30)31)22(17-21)25-18-19-7-3-1-4-8-19/h1-12,17,25H,13-16,18H2. The maximum absolute atomic E-state index is 12.7. The molecule has 3 aromatic rings. The van der Waals surface area contributed by atoms with Crippen molar-refractivity contribution in [3.63, 3.8) is 0 Å². The van der Waals surface area contributed by atoms with E-state index in [0.717, 1.165) is 11.3 Å². The maximum Gasteiger partial charge on any atom is 0.292 e. The molecule has 0 aliphatic carbocycles. The molecule has 31 heavy (non-hydrogen) atoms. The third kappa shape index (κ3) is 4.83. The molecule has 1 aliphatic heterocycles. The van der Waals surface area contributed by atoms with E-state index in [-0.39, 0.29) is 16.5 Å². The van der Waals surface area contributed by atoms with Crippen LogP contribution in [0.5, 0.6) is 0 Å². The van der Waals surface area contributed by atoms with Gasteiger partial charge >= 0.3 is 0 Å². The number of hydrogen-bond acceptors (Lipinski definition) is 5. The molecule has 1 aliphatic rings. The van der Waals surface area contributed by atoms with Crippen LogP contribution >= 0.6 is 0 Å². The summed E-state index contributed by atoms with van der Waals surface area (Å²) in [6.07, 6.45) is 0. The van der Waals surface area contributed by atoms with E-state index < -0.39 is 0 Å². The highest BCUT2D eigenvalue weighted by Crippen LogP contribution is 2.30. The highest BCUT2D eigenvalue weighted by Gasteiger charge is 2.23. The Kier molecular flexibility index (Phi) is 6.12. The molecule has 4 rings (SSSR count). The number of amides is 1. The van der Waals surface area contributed by atoms with E-state index in [0.29, 0.717) is 44.0 Å². The number of nitrogens with zero attached hydrogens (tertiary/aromatic N) is 3. The molecule has 1 amide bonds. The molecule has 0 spiro atoms. The van der Waals surface area contributed by atoms with Gasteiger partial charge in [-0.25, -0.2) is 0 Å². The summed E-state index contributed by atoms with van der Waals surface area (Å²) in [7, 11) is 0. The zero-order chi connectivity index (χ0) is 21.6. The molecule has 7 nitrogen and oxygen atoms in total. The molecule has 1 saturated heterocycles. The molecule has 0 saturated carbocycles. The van der Waals surface area contributed by atoms with E-state index in [9.17, 15) is 14.9 Å². The highest BCUT2D eigenvalue weighted by atomic mass is 16.6. The van der Waals surface area contributed by atoms with Gasteiger partial charge in [-0.3, -0.25) is 14.9 Å². The Morgan fingerprint density at radius 1 is 0.903 bits per heavy atom. The Morgan fingerprint density at radius 3 is 2.19 bits per heavy atom. The van der Waals surface area contributed by atoms with Crippen molar-refractivity contribution in [2.45, 2.75) is 6.54 Å². The number of nitro groups is 1. The zero-order valence-corrected chi connectivity index (χ0v) is 17.1. The molecular weight excluding hydrogens is 392 g/mol. The predicted octanol–water partition coefficient (Wildman–Crippen LogP) is 4.17. The maximum atomic E-state index is 12.7. The van der Waals surface area contributed by atoms with Gasteiger partial charge in [0.1, 0.15) is 5.69 Å². The number of carbonyl (C=O) groups is 1. The van der Waals surface area contributed by atoms with E-state index in [4.69, 9.17) is 0 Å². The average Bonchev–Trinajstić information content (AvgIpc) is 2.83. The van der Waals surface area contributed by atoms with E-state index in [1.54, 1.807) is 12.1 Å². The van der Waals surface area contributed by atoms with Gasteiger partial charge in [-0.1, -0.05) is 48.5 Å². The minimum Gasteiger partial charge on any atom is -0.375 e. The molecule has 1 N–H and O–H groups in total. The van der Waals surface area contributed by atoms with Gasteiger partial charge in [-0.2, -0.15) is 0 Å². The van der Waals surface area contributed by atoms with Gasteiger partial charge in [0.15, 0.2) is 0 Å². The van der Waals surface area contributed by atoms with Crippen molar-refractivity contribution in [2.75, 3.05) is 36.4 Å². The second-order valence-electron chi connectivity index (χ2n) is 7.44. The number of nitrogens with one attached hydrogen (secondary N) is 1. The number of benzene rings is 3. The van der Waals surface area contributed by atoms with E-state index in [1.807, 2.05) is 71.6 Å². The van der Waals surface area contributed by atoms with E-state index in [1.165, 1.54) is 0 Å². The molecule has 158 valence electrons. The molecule has 0 atom stereocenters. The van der Waals surface area contributed by atoms with Crippen LogP contribution in [-0.4, -0.2) is 41.9 Å². The second-order valence-corrected chi connectivity index (χ2v) is 7.44. The fourth-order valence-electron chi connectivity index (χ4n) is 3.75. The van der Waals surface area contributed by atoms with Crippen molar-refractivity contribution in [1.29, 1.82) is 0 Å². The van der Waals surface area contributed by atoms with Crippen LogP contribution in [-0.2, 0) is 6.54 Å². The van der Waals surface area contributed by atoms with Gasteiger partial charge in [0.2, 0.25) is 0 Å². The number of carbonyl (C=O) groups excluding carboxylic acids is 1. The molecular formula is C24H24N4O3. The third-order valence-electron chi connectivity index (χ3n) is 5.46. The summed E-state index contributed by atoms with van der Waals surface area (Å²) in [6.45, 7) is 3.07. The van der Waals surface area contributed by atoms with Crippen LogP contribution in [0.4, 0.5) is 17.1 Å². The van der Waals surface area contributed by atoms with Crippen LogP contribution in [0, 0.1) is 10.1 Å². The first-order valence-electron chi connectivity index (χ1n) is 10.3. The smallest absolute Gasteiger partial charge is 0.292 e. The largest absolute Gasteiger partial charge is 0.375 e. The Morgan fingerprint density at radius 2 is 1.55 bits per heavy atom. The molecule has 0 bridgehead atoms. The van der Waals surface area contributed by atoms with Crippen LogP contribution in [0.15, 0.2) is 78.9 Å². The highest BCUT2D eigenvalue weighted by molar-refractivity contribution is 5.94. The first kappa shape index (κ1) is 20.4. The summed E-state index contributed by atoms with van der Waals surface area (Å²) in [5.74, 6) is 0.0363. The number of nitro benzene ring substituents is 1. The number of piperazine rings is 1. The lowest BCUT2D eigenvalue weighted by Crippen LogP contribution is -2.48.